The molecule has 0 saturated carbocycles. The third-order valence-corrected chi connectivity index (χ3v) is 3.99. The normalized spacial score (nSPS) is 14.0. The first-order chi connectivity index (χ1) is 11.7. The molecule has 9 nitrogen and oxygen atoms in total. The highest BCUT2D eigenvalue weighted by Gasteiger charge is 2.19. The number of anilines is 2. The number of hydrogen-bond donors (Lipinski definition) is 2. The molecule has 0 bridgehead atoms. The van der Waals surface area contributed by atoms with Gasteiger partial charge in [0.05, 0.1) is 28.9 Å². The number of fused-ring (bicyclic) bond motifs is 1. The predicted octanol–water partition coefficient (Wildman–Crippen LogP) is 1.18. The van der Waals surface area contributed by atoms with Crippen LogP contribution in [0.25, 0.3) is 5.52 Å². The molecule has 24 heavy (non-hydrogen) atoms. The molecule has 0 unspecified atom stereocenters. The van der Waals surface area contributed by atoms with Gasteiger partial charge in [0.2, 0.25) is 11.9 Å². The van der Waals surface area contributed by atoms with Crippen molar-refractivity contribution in [2.24, 2.45) is 0 Å². The van der Waals surface area contributed by atoms with Gasteiger partial charge in [0, 0.05) is 19.3 Å². The molecule has 0 radical (unpaired) electrons. The van der Waals surface area contributed by atoms with Crippen LogP contribution in [-0.4, -0.2) is 43.8 Å². The van der Waals surface area contributed by atoms with Crippen LogP contribution in [0.15, 0.2) is 24.5 Å². The number of nitrogens with zero attached hydrogens (tertiary/aromatic N) is 6. The molecule has 0 atom stereocenters. The van der Waals surface area contributed by atoms with E-state index in [4.69, 9.17) is 5.26 Å². The highest BCUT2D eigenvalue weighted by atomic mass is 16.1. The Hall–Kier alpha value is -3.41. The summed E-state index contributed by atoms with van der Waals surface area (Å²) in [6, 6.07) is 5.31. The van der Waals surface area contributed by atoms with Crippen molar-refractivity contribution in [2.75, 3.05) is 23.3 Å². The molecule has 120 valence electrons. The van der Waals surface area contributed by atoms with Gasteiger partial charge in [-0.3, -0.25) is 10.1 Å². The first-order valence-electron chi connectivity index (χ1n) is 7.61. The van der Waals surface area contributed by atoms with Crippen molar-refractivity contribution in [1.29, 1.82) is 5.26 Å². The SMILES string of the molecule is N#Cc1ccn2ncc(C(=O)Nc3nc(N4CCCC4)n[nH]3)c2c1. The van der Waals surface area contributed by atoms with E-state index in [9.17, 15) is 4.79 Å². The Morgan fingerprint density at radius 2 is 2.21 bits per heavy atom. The van der Waals surface area contributed by atoms with Crippen molar-refractivity contribution in [3.05, 3.63) is 35.7 Å². The van der Waals surface area contributed by atoms with Crippen LogP contribution in [0.4, 0.5) is 11.9 Å². The molecule has 1 aliphatic heterocycles. The van der Waals surface area contributed by atoms with Crippen molar-refractivity contribution in [3.63, 3.8) is 0 Å². The fourth-order valence-corrected chi connectivity index (χ4v) is 2.77. The van der Waals surface area contributed by atoms with E-state index in [1.807, 2.05) is 0 Å². The number of pyridine rings is 1. The Morgan fingerprint density at radius 3 is 3.00 bits per heavy atom. The van der Waals surface area contributed by atoms with Gasteiger partial charge in [-0.25, -0.2) is 9.61 Å². The third-order valence-electron chi connectivity index (χ3n) is 3.99. The fourth-order valence-electron chi connectivity index (χ4n) is 2.77. The number of nitrogens with one attached hydrogen (secondary N) is 2. The van der Waals surface area contributed by atoms with Crippen LogP contribution in [0, 0.1) is 11.3 Å². The van der Waals surface area contributed by atoms with E-state index in [1.165, 1.54) is 6.20 Å². The van der Waals surface area contributed by atoms with Gasteiger partial charge >= 0.3 is 0 Å². The van der Waals surface area contributed by atoms with Crippen LogP contribution in [0.5, 0.6) is 0 Å². The van der Waals surface area contributed by atoms with Crippen LogP contribution in [-0.2, 0) is 0 Å². The molecule has 1 amide bonds. The zero-order valence-corrected chi connectivity index (χ0v) is 12.7. The molecule has 0 aliphatic carbocycles. The second-order valence-electron chi connectivity index (χ2n) is 5.55. The largest absolute Gasteiger partial charge is 0.339 e. The Morgan fingerprint density at radius 1 is 1.38 bits per heavy atom. The number of rotatable bonds is 3. The van der Waals surface area contributed by atoms with Crippen molar-refractivity contribution in [3.8, 4) is 6.07 Å². The van der Waals surface area contributed by atoms with Gasteiger partial charge in [-0.15, -0.1) is 5.10 Å². The van der Waals surface area contributed by atoms with Gasteiger partial charge in [0.1, 0.15) is 0 Å². The maximum absolute atomic E-state index is 12.5. The standard InChI is InChI=1S/C15H14N8O/c16-8-10-3-6-23-12(7-10)11(9-17-23)13(24)18-14-19-15(21-20-14)22-4-1-2-5-22/h3,6-7,9H,1-2,4-5H2,(H2,18,19,20,21,24). The summed E-state index contributed by atoms with van der Waals surface area (Å²) in [4.78, 5) is 18.8. The maximum Gasteiger partial charge on any atom is 0.261 e. The molecule has 2 N–H and O–H groups in total. The quantitative estimate of drug-likeness (QED) is 0.748. The van der Waals surface area contributed by atoms with E-state index in [0.29, 0.717) is 22.6 Å². The third kappa shape index (κ3) is 2.44. The molecule has 0 aromatic carbocycles. The summed E-state index contributed by atoms with van der Waals surface area (Å²) >= 11 is 0. The lowest BCUT2D eigenvalue weighted by Crippen LogP contribution is -2.19. The summed E-state index contributed by atoms with van der Waals surface area (Å²) in [5.74, 6) is 0.524. The zero-order chi connectivity index (χ0) is 16.5. The number of H-pyrrole nitrogens is 1. The van der Waals surface area contributed by atoms with Crippen LogP contribution >= 0.6 is 0 Å². The molecule has 1 saturated heterocycles. The molecule has 9 heteroatoms. The number of amides is 1. The number of aromatic nitrogens is 5. The van der Waals surface area contributed by atoms with Gasteiger partial charge in [0.25, 0.3) is 5.91 Å². The monoisotopic (exact) mass is 322 g/mol. The minimum atomic E-state index is -0.357. The summed E-state index contributed by atoms with van der Waals surface area (Å²) in [7, 11) is 0. The van der Waals surface area contributed by atoms with Crippen LogP contribution < -0.4 is 10.2 Å². The molecule has 3 aromatic heterocycles. The number of nitriles is 1. The van der Waals surface area contributed by atoms with Crippen LogP contribution in [0.3, 0.4) is 0 Å². The van der Waals surface area contributed by atoms with E-state index in [0.717, 1.165) is 25.9 Å². The lowest BCUT2D eigenvalue weighted by Gasteiger charge is -2.10. The lowest BCUT2D eigenvalue weighted by molar-refractivity contribution is 0.102. The minimum Gasteiger partial charge on any atom is -0.339 e. The Labute approximate surface area is 136 Å². The highest BCUT2D eigenvalue weighted by Crippen LogP contribution is 2.18. The summed E-state index contributed by atoms with van der Waals surface area (Å²) in [6.45, 7) is 1.85. The van der Waals surface area contributed by atoms with Crippen LogP contribution in [0.1, 0.15) is 28.8 Å². The summed E-state index contributed by atoms with van der Waals surface area (Å²) in [5, 5.41) is 22.7. The first-order valence-corrected chi connectivity index (χ1v) is 7.61. The second kappa shape index (κ2) is 5.66. The van der Waals surface area contributed by atoms with Gasteiger partial charge in [-0.1, -0.05) is 0 Å². The number of aromatic amines is 1. The average Bonchev–Trinajstić information content (AvgIpc) is 3.33. The van der Waals surface area contributed by atoms with E-state index >= 15 is 0 Å². The summed E-state index contributed by atoms with van der Waals surface area (Å²) < 4.78 is 1.55. The van der Waals surface area contributed by atoms with E-state index in [2.05, 4.69) is 36.6 Å². The van der Waals surface area contributed by atoms with Gasteiger partial charge in [-0.05, 0) is 25.0 Å². The van der Waals surface area contributed by atoms with Gasteiger partial charge in [0.15, 0.2) is 0 Å². The van der Waals surface area contributed by atoms with E-state index in [1.54, 1.807) is 22.8 Å². The number of carbonyl (C=O) groups is 1. The zero-order valence-electron chi connectivity index (χ0n) is 12.7. The lowest BCUT2D eigenvalue weighted by atomic mass is 10.2. The molecule has 1 fully saturated rings. The average molecular weight is 322 g/mol. The predicted molar refractivity (Wildman–Crippen MR) is 85.7 cm³/mol. The molecule has 3 aromatic rings. The molecule has 1 aliphatic rings. The molecule has 4 heterocycles. The maximum atomic E-state index is 12.5. The topological polar surface area (TPSA) is 115 Å². The minimum absolute atomic E-state index is 0.290. The highest BCUT2D eigenvalue weighted by molar-refractivity contribution is 6.08. The number of carbonyl (C=O) groups excluding carboxylic acids is 1. The summed E-state index contributed by atoms with van der Waals surface area (Å²) in [6.07, 6.45) is 5.36. The first kappa shape index (κ1) is 14.2. The molecular formula is C15H14N8O. The smallest absolute Gasteiger partial charge is 0.261 e. The van der Waals surface area contributed by atoms with Crippen molar-refractivity contribution in [1.82, 2.24) is 24.8 Å². The molecule has 4 rings (SSSR count). The van der Waals surface area contributed by atoms with E-state index in [-0.39, 0.29) is 11.9 Å². The van der Waals surface area contributed by atoms with Crippen molar-refractivity contribution < 1.29 is 4.79 Å². The Balaban J connectivity index is 1.57. The summed E-state index contributed by atoms with van der Waals surface area (Å²) in [5.41, 5.74) is 1.39. The van der Waals surface area contributed by atoms with Crippen molar-refractivity contribution in [2.45, 2.75) is 12.8 Å². The van der Waals surface area contributed by atoms with Gasteiger partial charge in [-0.2, -0.15) is 15.3 Å². The second-order valence-corrected chi connectivity index (χ2v) is 5.55. The Bertz CT molecular complexity index is 944. The van der Waals surface area contributed by atoms with Crippen LogP contribution in [0.2, 0.25) is 0 Å². The number of hydrogen-bond acceptors (Lipinski definition) is 6. The Kier molecular flexibility index (Phi) is 3.35. The molecule has 0 spiro atoms. The van der Waals surface area contributed by atoms with Gasteiger partial charge < -0.3 is 4.90 Å². The van der Waals surface area contributed by atoms with E-state index < -0.39 is 0 Å². The molecular weight excluding hydrogens is 308 g/mol. The van der Waals surface area contributed by atoms with Crippen molar-refractivity contribution >= 4 is 23.3 Å². The fraction of sp³-hybridized carbons (Fsp3) is 0.267.